The maximum Gasteiger partial charge on any atom is 0.257 e. The summed E-state index contributed by atoms with van der Waals surface area (Å²) in [4.78, 5) is 12.7. The molecular formula is C19H17ClN2O2. The highest BCUT2D eigenvalue weighted by Gasteiger charge is 2.23. The van der Waals surface area contributed by atoms with E-state index in [4.69, 9.17) is 16.1 Å². The van der Waals surface area contributed by atoms with Gasteiger partial charge in [-0.1, -0.05) is 59.2 Å². The molecule has 0 radical (unpaired) electrons. The van der Waals surface area contributed by atoms with E-state index in [9.17, 15) is 4.79 Å². The zero-order valence-electron chi connectivity index (χ0n) is 13.4. The highest BCUT2D eigenvalue weighted by atomic mass is 35.5. The number of hydrogen-bond acceptors (Lipinski definition) is 3. The zero-order chi connectivity index (χ0) is 17.1. The summed E-state index contributed by atoms with van der Waals surface area (Å²) in [5, 5.41) is 7.66. The summed E-state index contributed by atoms with van der Waals surface area (Å²) >= 11 is 5.92. The van der Waals surface area contributed by atoms with Crippen molar-refractivity contribution in [2.45, 2.75) is 19.9 Å². The highest BCUT2D eigenvalue weighted by molar-refractivity contribution is 6.30. The number of hydrogen-bond donors (Lipinski definition) is 1. The Kier molecular flexibility index (Phi) is 4.67. The molecule has 1 aromatic heterocycles. The van der Waals surface area contributed by atoms with Crippen LogP contribution in [0.3, 0.4) is 0 Å². The van der Waals surface area contributed by atoms with Crippen LogP contribution in [0.15, 0.2) is 59.1 Å². The maximum absolute atomic E-state index is 12.7. The number of halogens is 1. The number of nitrogens with zero attached hydrogens (tertiary/aromatic N) is 1. The molecule has 5 heteroatoms. The number of rotatable bonds is 4. The van der Waals surface area contributed by atoms with E-state index in [1.54, 1.807) is 19.1 Å². The minimum absolute atomic E-state index is 0.119. The van der Waals surface area contributed by atoms with Gasteiger partial charge in [0.25, 0.3) is 5.91 Å². The van der Waals surface area contributed by atoms with E-state index in [-0.39, 0.29) is 11.9 Å². The molecule has 122 valence electrons. The molecule has 0 aliphatic heterocycles. The first-order valence-corrected chi connectivity index (χ1v) is 8.02. The smallest absolute Gasteiger partial charge is 0.257 e. The number of aromatic nitrogens is 1. The first-order valence-electron chi connectivity index (χ1n) is 7.64. The number of aryl methyl sites for hydroxylation is 1. The van der Waals surface area contributed by atoms with Crippen LogP contribution in [0.25, 0.3) is 11.3 Å². The lowest BCUT2D eigenvalue weighted by Crippen LogP contribution is -2.27. The van der Waals surface area contributed by atoms with Crippen molar-refractivity contribution in [1.82, 2.24) is 10.5 Å². The molecular weight excluding hydrogens is 324 g/mol. The van der Waals surface area contributed by atoms with Crippen LogP contribution in [0, 0.1) is 6.92 Å². The SMILES string of the molecule is Cc1onc(-c2ccc(Cl)cc2)c1C(=O)NC(C)c1ccccc1. The minimum atomic E-state index is -0.213. The molecule has 1 unspecified atom stereocenters. The van der Waals surface area contributed by atoms with Gasteiger partial charge < -0.3 is 9.84 Å². The van der Waals surface area contributed by atoms with E-state index in [2.05, 4.69) is 10.5 Å². The third-order valence-corrected chi connectivity index (χ3v) is 4.11. The molecule has 1 atom stereocenters. The standard InChI is InChI=1S/C19H17ClN2O2/c1-12(14-6-4-3-5-7-14)21-19(23)17-13(2)24-22-18(17)15-8-10-16(20)11-9-15/h3-12H,1-2H3,(H,21,23). The van der Waals surface area contributed by atoms with Crippen LogP contribution < -0.4 is 5.32 Å². The van der Waals surface area contributed by atoms with Gasteiger partial charge in [0, 0.05) is 10.6 Å². The normalized spacial score (nSPS) is 12.0. The van der Waals surface area contributed by atoms with Gasteiger partial charge in [0.2, 0.25) is 0 Å². The lowest BCUT2D eigenvalue weighted by atomic mass is 10.0. The predicted octanol–water partition coefficient (Wildman–Crippen LogP) is 4.79. The fraction of sp³-hybridized carbons (Fsp3) is 0.158. The third kappa shape index (κ3) is 3.34. The van der Waals surface area contributed by atoms with E-state index in [1.807, 2.05) is 49.4 Å². The van der Waals surface area contributed by atoms with Gasteiger partial charge in [-0.2, -0.15) is 0 Å². The fourth-order valence-corrected chi connectivity index (χ4v) is 2.66. The topological polar surface area (TPSA) is 55.1 Å². The quantitative estimate of drug-likeness (QED) is 0.742. The van der Waals surface area contributed by atoms with Gasteiger partial charge in [-0.15, -0.1) is 0 Å². The van der Waals surface area contributed by atoms with Crippen LogP contribution in [-0.4, -0.2) is 11.1 Å². The second-order valence-electron chi connectivity index (χ2n) is 5.58. The van der Waals surface area contributed by atoms with Gasteiger partial charge in [0.05, 0.1) is 6.04 Å². The monoisotopic (exact) mass is 340 g/mol. The van der Waals surface area contributed by atoms with Crippen LogP contribution >= 0.6 is 11.6 Å². The van der Waals surface area contributed by atoms with Crippen LogP contribution in [-0.2, 0) is 0 Å². The molecule has 0 spiro atoms. The number of carbonyl (C=O) groups excluding carboxylic acids is 1. The Morgan fingerprint density at radius 3 is 2.46 bits per heavy atom. The van der Waals surface area contributed by atoms with Crippen LogP contribution in [0.1, 0.15) is 34.6 Å². The van der Waals surface area contributed by atoms with Crippen LogP contribution in [0.5, 0.6) is 0 Å². The first-order chi connectivity index (χ1) is 11.6. The van der Waals surface area contributed by atoms with Crippen molar-refractivity contribution >= 4 is 17.5 Å². The Morgan fingerprint density at radius 2 is 1.79 bits per heavy atom. The van der Waals surface area contributed by atoms with Crippen molar-refractivity contribution in [2.75, 3.05) is 0 Å². The molecule has 3 rings (SSSR count). The molecule has 1 amide bonds. The summed E-state index contributed by atoms with van der Waals surface area (Å²) in [5.74, 6) is 0.271. The molecule has 0 saturated heterocycles. The molecule has 2 aromatic carbocycles. The Hall–Kier alpha value is -2.59. The molecule has 1 N–H and O–H groups in total. The minimum Gasteiger partial charge on any atom is -0.360 e. The van der Waals surface area contributed by atoms with Gasteiger partial charge in [-0.05, 0) is 31.5 Å². The van der Waals surface area contributed by atoms with Crippen molar-refractivity contribution in [3.05, 3.63) is 76.5 Å². The lowest BCUT2D eigenvalue weighted by Gasteiger charge is -2.14. The van der Waals surface area contributed by atoms with Crippen LogP contribution in [0.2, 0.25) is 5.02 Å². The van der Waals surface area contributed by atoms with Crippen molar-refractivity contribution in [3.8, 4) is 11.3 Å². The summed E-state index contributed by atoms with van der Waals surface area (Å²) in [6.07, 6.45) is 0. The second kappa shape index (κ2) is 6.89. The second-order valence-corrected chi connectivity index (χ2v) is 6.01. The maximum atomic E-state index is 12.7. The van der Waals surface area contributed by atoms with Gasteiger partial charge >= 0.3 is 0 Å². The molecule has 0 aliphatic carbocycles. The Balaban J connectivity index is 1.88. The highest BCUT2D eigenvalue weighted by Crippen LogP contribution is 2.27. The summed E-state index contributed by atoms with van der Waals surface area (Å²) in [7, 11) is 0. The molecule has 3 aromatic rings. The molecule has 0 bridgehead atoms. The Labute approximate surface area is 145 Å². The van der Waals surface area contributed by atoms with E-state index in [0.29, 0.717) is 22.0 Å². The molecule has 0 saturated carbocycles. The first kappa shape index (κ1) is 16.3. The third-order valence-electron chi connectivity index (χ3n) is 3.85. The predicted molar refractivity (Wildman–Crippen MR) is 94.0 cm³/mol. The number of benzene rings is 2. The molecule has 1 heterocycles. The average Bonchev–Trinajstić information content (AvgIpc) is 2.98. The summed E-state index contributed by atoms with van der Waals surface area (Å²) in [6, 6.07) is 16.8. The molecule has 24 heavy (non-hydrogen) atoms. The van der Waals surface area contributed by atoms with Crippen molar-refractivity contribution in [3.63, 3.8) is 0 Å². The summed E-state index contributed by atoms with van der Waals surface area (Å²) in [5.41, 5.74) is 2.78. The fourth-order valence-electron chi connectivity index (χ4n) is 2.54. The van der Waals surface area contributed by atoms with E-state index >= 15 is 0 Å². The Morgan fingerprint density at radius 1 is 1.12 bits per heavy atom. The number of nitrogens with one attached hydrogen (secondary N) is 1. The molecule has 0 aliphatic rings. The molecule has 0 fully saturated rings. The molecule has 4 nitrogen and oxygen atoms in total. The van der Waals surface area contributed by atoms with E-state index in [0.717, 1.165) is 11.1 Å². The average molecular weight is 341 g/mol. The van der Waals surface area contributed by atoms with E-state index in [1.165, 1.54) is 0 Å². The van der Waals surface area contributed by atoms with Gasteiger partial charge in [-0.25, -0.2) is 0 Å². The van der Waals surface area contributed by atoms with E-state index < -0.39 is 0 Å². The number of amides is 1. The largest absolute Gasteiger partial charge is 0.360 e. The van der Waals surface area contributed by atoms with Crippen molar-refractivity contribution < 1.29 is 9.32 Å². The lowest BCUT2D eigenvalue weighted by molar-refractivity contribution is 0.0939. The van der Waals surface area contributed by atoms with Crippen molar-refractivity contribution in [1.29, 1.82) is 0 Å². The summed E-state index contributed by atoms with van der Waals surface area (Å²) < 4.78 is 5.24. The Bertz CT molecular complexity index is 842. The van der Waals surface area contributed by atoms with Crippen molar-refractivity contribution in [2.24, 2.45) is 0 Å². The van der Waals surface area contributed by atoms with Gasteiger partial charge in [0.1, 0.15) is 17.0 Å². The zero-order valence-corrected chi connectivity index (χ0v) is 14.2. The van der Waals surface area contributed by atoms with Gasteiger partial charge in [-0.3, -0.25) is 4.79 Å². The van der Waals surface area contributed by atoms with Gasteiger partial charge in [0.15, 0.2) is 0 Å². The number of carbonyl (C=O) groups is 1. The summed E-state index contributed by atoms with van der Waals surface area (Å²) in [6.45, 7) is 3.67. The van der Waals surface area contributed by atoms with Crippen LogP contribution in [0.4, 0.5) is 0 Å².